The van der Waals surface area contributed by atoms with Gasteiger partial charge in [-0.3, -0.25) is 9.59 Å². The van der Waals surface area contributed by atoms with Crippen molar-refractivity contribution in [2.24, 2.45) is 0 Å². The zero-order valence-corrected chi connectivity index (χ0v) is 17.9. The Hall–Kier alpha value is -3.42. The highest BCUT2D eigenvalue weighted by atomic mass is 19.4. The number of hydrogen-bond donors (Lipinski definition) is 0. The summed E-state index contributed by atoms with van der Waals surface area (Å²) in [7, 11) is 0. The Balaban J connectivity index is 0.00000187. The maximum absolute atomic E-state index is 12.7. The van der Waals surface area contributed by atoms with Crippen LogP contribution in [-0.4, -0.2) is 11.6 Å². The van der Waals surface area contributed by atoms with E-state index in [0.29, 0.717) is 5.56 Å². The molecule has 0 saturated carbocycles. The molecule has 0 amide bonds. The molecule has 0 radical (unpaired) electrons. The van der Waals surface area contributed by atoms with Gasteiger partial charge in [-0.2, -0.15) is 26.3 Å². The monoisotopic (exact) mass is 466 g/mol. The predicted molar refractivity (Wildman–Crippen MR) is 112 cm³/mol. The Morgan fingerprint density at radius 3 is 1.12 bits per heavy atom. The van der Waals surface area contributed by atoms with Gasteiger partial charge in [0.25, 0.3) is 0 Å². The molecule has 0 aliphatic rings. The van der Waals surface area contributed by atoms with Crippen molar-refractivity contribution in [3.05, 3.63) is 106 Å². The summed E-state index contributed by atoms with van der Waals surface area (Å²) < 4.78 is 76.2. The van der Waals surface area contributed by atoms with Gasteiger partial charge < -0.3 is 0 Å². The smallest absolute Gasteiger partial charge is 0.289 e. The first-order valence-corrected chi connectivity index (χ1v) is 9.92. The molecule has 3 rings (SSSR count). The van der Waals surface area contributed by atoms with Crippen LogP contribution < -0.4 is 0 Å². The summed E-state index contributed by atoms with van der Waals surface area (Å²) in [5, 5.41) is 0. The standard InChI is InChI=1S/C23H14F6O2.C2H6/c1-13-10-16(20(30)14-2-6-18(7-3-14)22(24,25)26)12-17(11-13)21(31)15-4-8-19(9-5-15)23(27,28)29;1-2/h2-12H,1H3;1-2H3. The van der Waals surface area contributed by atoms with Crippen molar-refractivity contribution in [1.82, 2.24) is 0 Å². The van der Waals surface area contributed by atoms with Crippen molar-refractivity contribution in [3.63, 3.8) is 0 Å². The number of carbonyl (C=O) groups excluding carboxylic acids is 2. The van der Waals surface area contributed by atoms with Crippen LogP contribution in [0.15, 0.2) is 66.7 Å². The normalized spacial score (nSPS) is 11.4. The van der Waals surface area contributed by atoms with Gasteiger partial charge in [-0.25, -0.2) is 0 Å². The van der Waals surface area contributed by atoms with Crippen molar-refractivity contribution in [3.8, 4) is 0 Å². The van der Waals surface area contributed by atoms with E-state index in [0.717, 1.165) is 48.5 Å². The third kappa shape index (κ3) is 6.31. The molecule has 0 unspecified atom stereocenters. The van der Waals surface area contributed by atoms with Crippen molar-refractivity contribution in [1.29, 1.82) is 0 Å². The molecule has 3 aromatic carbocycles. The number of aryl methyl sites for hydroxylation is 1. The second-order valence-electron chi connectivity index (χ2n) is 6.90. The van der Waals surface area contributed by atoms with Crippen molar-refractivity contribution >= 4 is 11.6 Å². The molecule has 0 fully saturated rings. The number of alkyl halides is 6. The Morgan fingerprint density at radius 1 is 0.545 bits per heavy atom. The first-order valence-electron chi connectivity index (χ1n) is 9.92. The van der Waals surface area contributed by atoms with E-state index < -0.39 is 35.0 Å². The fraction of sp³-hybridized carbons (Fsp3) is 0.200. The van der Waals surface area contributed by atoms with Gasteiger partial charge >= 0.3 is 12.4 Å². The third-order valence-corrected chi connectivity index (χ3v) is 4.55. The molecule has 33 heavy (non-hydrogen) atoms. The summed E-state index contributed by atoms with van der Waals surface area (Å²) in [5.74, 6) is -1.17. The van der Waals surface area contributed by atoms with E-state index >= 15 is 0 Å². The number of carbonyl (C=O) groups is 2. The quantitative estimate of drug-likeness (QED) is 0.294. The van der Waals surface area contributed by atoms with E-state index in [1.165, 1.54) is 18.2 Å². The SMILES string of the molecule is CC.Cc1cc(C(=O)c2ccc(C(F)(F)F)cc2)cc(C(=O)c2ccc(C(F)(F)F)cc2)c1. The molecule has 0 spiro atoms. The third-order valence-electron chi connectivity index (χ3n) is 4.55. The second-order valence-corrected chi connectivity index (χ2v) is 6.90. The summed E-state index contributed by atoms with van der Waals surface area (Å²) in [6, 6.07) is 11.6. The van der Waals surface area contributed by atoms with E-state index in [9.17, 15) is 35.9 Å². The number of ketones is 2. The van der Waals surface area contributed by atoms with Crippen LogP contribution >= 0.6 is 0 Å². The lowest BCUT2D eigenvalue weighted by atomic mass is 9.94. The van der Waals surface area contributed by atoms with E-state index in [1.807, 2.05) is 13.8 Å². The van der Waals surface area contributed by atoms with Crippen molar-refractivity contribution < 1.29 is 35.9 Å². The second kappa shape index (κ2) is 10.0. The van der Waals surface area contributed by atoms with Gasteiger partial charge in [-0.05, 0) is 55.0 Å². The molecule has 0 aliphatic heterocycles. The topological polar surface area (TPSA) is 34.1 Å². The lowest BCUT2D eigenvalue weighted by Gasteiger charge is -2.10. The minimum atomic E-state index is -4.54. The first kappa shape index (κ1) is 25.8. The van der Waals surface area contributed by atoms with E-state index in [1.54, 1.807) is 6.92 Å². The lowest BCUT2D eigenvalue weighted by molar-refractivity contribution is -0.138. The van der Waals surface area contributed by atoms with Crippen molar-refractivity contribution in [2.75, 3.05) is 0 Å². The van der Waals surface area contributed by atoms with E-state index in [-0.39, 0.29) is 22.3 Å². The van der Waals surface area contributed by atoms with Gasteiger partial charge in [0.05, 0.1) is 11.1 Å². The molecular formula is C25H20F6O2. The Kier molecular flexibility index (Phi) is 7.84. The van der Waals surface area contributed by atoms with Crippen LogP contribution in [0.3, 0.4) is 0 Å². The summed E-state index contributed by atoms with van der Waals surface area (Å²) in [6.45, 7) is 5.62. The molecule has 2 nitrogen and oxygen atoms in total. The Bertz CT molecular complexity index is 1040. The van der Waals surface area contributed by atoms with Crippen LogP contribution in [-0.2, 0) is 12.4 Å². The first-order chi connectivity index (χ1) is 15.4. The average Bonchev–Trinajstić information content (AvgIpc) is 2.78. The largest absolute Gasteiger partial charge is 0.416 e. The van der Waals surface area contributed by atoms with Crippen LogP contribution in [0, 0.1) is 6.92 Å². The highest BCUT2D eigenvalue weighted by Crippen LogP contribution is 2.30. The highest BCUT2D eigenvalue weighted by molar-refractivity contribution is 6.13. The number of hydrogen-bond acceptors (Lipinski definition) is 2. The number of rotatable bonds is 4. The van der Waals surface area contributed by atoms with Gasteiger partial charge in [0.15, 0.2) is 11.6 Å². The predicted octanol–water partition coefficient (Wildman–Crippen LogP) is 7.52. The fourth-order valence-electron chi connectivity index (χ4n) is 3.00. The molecule has 174 valence electrons. The summed E-state index contributed by atoms with van der Waals surface area (Å²) in [5.41, 5.74) is -1.09. The van der Waals surface area contributed by atoms with E-state index in [4.69, 9.17) is 0 Å². The fourth-order valence-corrected chi connectivity index (χ4v) is 3.00. The van der Waals surface area contributed by atoms with Gasteiger partial charge in [0.1, 0.15) is 0 Å². The Morgan fingerprint density at radius 2 is 0.848 bits per heavy atom. The molecule has 0 bridgehead atoms. The summed E-state index contributed by atoms with van der Waals surface area (Å²) >= 11 is 0. The summed E-state index contributed by atoms with van der Waals surface area (Å²) in [4.78, 5) is 25.4. The van der Waals surface area contributed by atoms with Crippen LogP contribution in [0.25, 0.3) is 0 Å². The molecular weight excluding hydrogens is 446 g/mol. The average molecular weight is 466 g/mol. The van der Waals surface area contributed by atoms with Crippen LogP contribution in [0.2, 0.25) is 0 Å². The molecule has 3 aromatic rings. The molecule has 0 heterocycles. The molecule has 0 atom stereocenters. The number of halogens is 6. The van der Waals surface area contributed by atoms with Crippen molar-refractivity contribution in [2.45, 2.75) is 33.1 Å². The molecule has 0 N–H and O–H groups in total. The zero-order valence-electron chi connectivity index (χ0n) is 17.9. The maximum atomic E-state index is 12.7. The molecule has 8 heteroatoms. The van der Waals surface area contributed by atoms with Crippen LogP contribution in [0.4, 0.5) is 26.3 Å². The summed E-state index contributed by atoms with van der Waals surface area (Å²) in [6.07, 6.45) is -9.07. The molecule has 0 aromatic heterocycles. The molecule has 0 saturated heterocycles. The van der Waals surface area contributed by atoms with Gasteiger partial charge in [0, 0.05) is 22.3 Å². The maximum Gasteiger partial charge on any atom is 0.416 e. The lowest BCUT2D eigenvalue weighted by Crippen LogP contribution is -2.09. The highest BCUT2D eigenvalue weighted by Gasteiger charge is 2.31. The van der Waals surface area contributed by atoms with Crippen LogP contribution in [0.1, 0.15) is 62.4 Å². The van der Waals surface area contributed by atoms with Gasteiger partial charge in [0.2, 0.25) is 0 Å². The number of benzene rings is 3. The minimum absolute atomic E-state index is 0.00605. The zero-order chi connectivity index (χ0) is 25.0. The Labute approximate surface area is 186 Å². The molecule has 0 aliphatic carbocycles. The minimum Gasteiger partial charge on any atom is -0.289 e. The van der Waals surface area contributed by atoms with Crippen LogP contribution in [0.5, 0.6) is 0 Å². The van der Waals surface area contributed by atoms with Gasteiger partial charge in [-0.1, -0.05) is 38.1 Å². The van der Waals surface area contributed by atoms with E-state index in [2.05, 4.69) is 0 Å². The van der Waals surface area contributed by atoms with Gasteiger partial charge in [-0.15, -0.1) is 0 Å².